The predicted molar refractivity (Wildman–Crippen MR) is 177 cm³/mol. The minimum absolute atomic E-state index is 0.323. The fraction of sp³-hybridized carbons (Fsp3) is 0.588. The molecular weight excluding hydrogens is 584 g/mol. The van der Waals surface area contributed by atoms with E-state index in [1.54, 1.807) is 24.3 Å². The highest BCUT2D eigenvalue weighted by Gasteiger charge is 2.39. The Kier molecular flexibility index (Phi) is 10.4. The van der Waals surface area contributed by atoms with Crippen LogP contribution in [0.3, 0.4) is 0 Å². The van der Waals surface area contributed by atoms with Crippen molar-refractivity contribution in [3.63, 3.8) is 0 Å². The molecule has 248 valence electrons. The van der Waals surface area contributed by atoms with E-state index in [9.17, 15) is 19.2 Å². The zero-order valence-electron chi connectivity index (χ0n) is 26.9. The van der Waals surface area contributed by atoms with Crippen molar-refractivity contribution in [1.29, 1.82) is 0 Å². The van der Waals surface area contributed by atoms with Gasteiger partial charge >= 0.3 is 0 Å². The minimum Gasteiger partial charge on any atom is -0.330 e. The summed E-state index contributed by atoms with van der Waals surface area (Å²) in [5, 5.41) is 0.868. The molecular formula is C34H48N8O4. The third kappa shape index (κ3) is 6.60. The van der Waals surface area contributed by atoms with Crippen molar-refractivity contribution >= 4 is 34.4 Å². The third-order valence-corrected chi connectivity index (χ3v) is 10.1. The van der Waals surface area contributed by atoms with Gasteiger partial charge in [-0.1, -0.05) is 0 Å². The highest BCUT2D eigenvalue weighted by Crippen LogP contribution is 2.38. The number of benzene rings is 2. The first-order valence-electron chi connectivity index (χ1n) is 17.0. The van der Waals surface area contributed by atoms with Gasteiger partial charge in [0.15, 0.2) is 0 Å². The Hall–Kier alpha value is -3.26. The number of amides is 4. The van der Waals surface area contributed by atoms with Crippen LogP contribution in [0.5, 0.6) is 0 Å². The molecule has 4 aliphatic rings. The lowest BCUT2D eigenvalue weighted by molar-refractivity contribution is 0.0576. The monoisotopic (exact) mass is 632 g/mol. The quantitative estimate of drug-likeness (QED) is 0.287. The van der Waals surface area contributed by atoms with E-state index in [4.69, 9.17) is 11.5 Å². The van der Waals surface area contributed by atoms with Gasteiger partial charge in [0, 0.05) is 98.5 Å². The van der Waals surface area contributed by atoms with Crippen molar-refractivity contribution in [2.75, 3.05) is 105 Å². The van der Waals surface area contributed by atoms with Gasteiger partial charge < -0.3 is 31.1 Å². The van der Waals surface area contributed by atoms with E-state index in [1.165, 1.54) is 9.80 Å². The Morgan fingerprint density at radius 1 is 0.413 bits per heavy atom. The van der Waals surface area contributed by atoms with Crippen LogP contribution >= 0.6 is 0 Å². The summed E-state index contributed by atoms with van der Waals surface area (Å²) in [6, 6.07) is 6.62. The number of carbonyl (C=O) groups excluding carboxylic acids is 4. The Morgan fingerprint density at radius 2 is 0.674 bits per heavy atom. The van der Waals surface area contributed by atoms with Crippen molar-refractivity contribution < 1.29 is 19.2 Å². The molecule has 4 heterocycles. The van der Waals surface area contributed by atoms with Gasteiger partial charge in [-0.25, -0.2) is 0 Å². The van der Waals surface area contributed by atoms with E-state index >= 15 is 0 Å². The lowest BCUT2D eigenvalue weighted by atomic mass is 9.86. The van der Waals surface area contributed by atoms with Crippen LogP contribution in [0.2, 0.25) is 0 Å². The summed E-state index contributed by atoms with van der Waals surface area (Å²) >= 11 is 0. The van der Waals surface area contributed by atoms with Gasteiger partial charge in [0.2, 0.25) is 0 Å². The smallest absolute Gasteiger partial charge is 0.261 e. The van der Waals surface area contributed by atoms with E-state index in [0.29, 0.717) is 72.0 Å². The Bertz CT molecular complexity index is 1290. The molecule has 4 aliphatic heterocycles. The number of nitrogens with zero attached hydrogens (tertiary/aromatic N) is 6. The molecule has 0 unspecified atom stereocenters. The van der Waals surface area contributed by atoms with Gasteiger partial charge in [-0.15, -0.1) is 0 Å². The molecule has 12 nitrogen and oxygen atoms in total. The number of rotatable bonds is 14. The van der Waals surface area contributed by atoms with E-state index in [2.05, 4.69) is 19.6 Å². The van der Waals surface area contributed by atoms with Crippen LogP contribution in [-0.2, 0) is 0 Å². The van der Waals surface area contributed by atoms with Gasteiger partial charge in [0.1, 0.15) is 0 Å². The standard InChI is InChI=1S/C34H48N8O4/c35-9-1-11-37-17-21-39(22-18-37)13-3-15-41-31(43)25-5-7-27-30-28(8-6-26(29(25)30)32(41)44)34(46)42(33(27)45)16-4-14-40-23-19-38(20-24-40)12-2-10-36/h5-8H,1-4,9-24,35-36H2. The zero-order chi connectivity index (χ0) is 32.2. The highest BCUT2D eigenvalue weighted by molar-refractivity contribution is 6.33. The summed E-state index contributed by atoms with van der Waals surface area (Å²) in [6.45, 7) is 13.6. The van der Waals surface area contributed by atoms with Crippen LogP contribution in [0.4, 0.5) is 0 Å². The molecule has 0 aliphatic carbocycles. The zero-order valence-corrected chi connectivity index (χ0v) is 26.9. The molecule has 0 saturated carbocycles. The molecule has 0 aromatic heterocycles. The molecule has 6 rings (SSSR count). The Labute approximate surface area is 271 Å². The second-order valence-electron chi connectivity index (χ2n) is 13.0. The van der Waals surface area contributed by atoms with Crippen molar-refractivity contribution in [1.82, 2.24) is 29.4 Å². The second-order valence-corrected chi connectivity index (χ2v) is 13.0. The van der Waals surface area contributed by atoms with Crippen LogP contribution in [0.15, 0.2) is 24.3 Å². The molecule has 46 heavy (non-hydrogen) atoms. The first kappa shape index (κ1) is 32.7. The van der Waals surface area contributed by atoms with Gasteiger partial charge in [0.25, 0.3) is 23.6 Å². The summed E-state index contributed by atoms with van der Waals surface area (Å²) in [5.74, 6) is -1.45. The maximum absolute atomic E-state index is 13.6. The Balaban J connectivity index is 1.08. The van der Waals surface area contributed by atoms with Crippen LogP contribution < -0.4 is 11.5 Å². The summed E-state index contributed by atoms with van der Waals surface area (Å²) in [5.41, 5.74) is 12.8. The van der Waals surface area contributed by atoms with E-state index in [1.807, 2.05) is 0 Å². The topological polar surface area (TPSA) is 140 Å². The fourth-order valence-electron chi connectivity index (χ4n) is 7.39. The van der Waals surface area contributed by atoms with Gasteiger partial charge in [-0.05, 0) is 89.2 Å². The van der Waals surface area contributed by atoms with Crippen molar-refractivity contribution in [3.05, 3.63) is 46.5 Å². The molecule has 2 aromatic carbocycles. The van der Waals surface area contributed by atoms with Crippen molar-refractivity contribution in [2.45, 2.75) is 25.7 Å². The molecule has 2 fully saturated rings. The third-order valence-electron chi connectivity index (χ3n) is 10.1. The van der Waals surface area contributed by atoms with E-state index in [0.717, 1.165) is 91.4 Å². The summed E-state index contributed by atoms with van der Waals surface area (Å²) < 4.78 is 0. The molecule has 2 saturated heterocycles. The minimum atomic E-state index is -0.363. The van der Waals surface area contributed by atoms with E-state index < -0.39 is 0 Å². The Morgan fingerprint density at radius 3 is 0.935 bits per heavy atom. The first-order chi connectivity index (χ1) is 22.4. The van der Waals surface area contributed by atoms with Crippen LogP contribution in [-0.4, -0.2) is 158 Å². The summed E-state index contributed by atoms with van der Waals surface area (Å²) in [7, 11) is 0. The lowest BCUT2D eigenvalue weighted by Crippen LogP contribution is -2.48. The number of imide groups is 2. The number of carbonyl (C=O) groups is 4. The molecule has 2 aromatic rings. The van der Waals surface area contributed by atoms with Gasteiger partial charge in [0.05, 0.1) is 0 Å². The van der Waals surface area contributed by atoms with Crippen LogP contribution in [0.25, 0.3) is 10.8 Å². The lowest BCUT2D eigenvalue weighted by Gasteiger charge is -2.35. The normalized spacial score (nSPS) is 20.0. The molecule has 0 atom stereocenters. The number of hydrogen-bond donors (Lipinski definition) is 2. The fourth-order valence-corrected chi connectivity index (χ4v) is 7.39. The summed E-state index contributed by atoms with van der Waals surface area (Å²) in [6.07, 6.45) is 3.38. The predicted octanol–water partition coefficient (Wildman–Crippen LogP) is 0.745. The largest absolute Gasteiger partial charge is 0.330 e. The van der Waals surface area contributed by atoms with Gasteiger partial charge in [-0.3, -0.25) is 29.0 Å². The van der Waals surface area contributed by atoms with Crippen LogP contribution in [0, 0.1) is 0 Å². The number of hydrogen-bond acceptors (Lipinski definition) is 10. The second kappa shape index (κ2) is 14.7. The summed E-state index contributed by atoms with van der Waals surface area (Å²) in [4.78, 5) is 66.8. The molecule has 4 amide bonds. The van der Waals surface area contributed by atoms with Gasteiger partial charge in [-0.2, -0.15) is 0 Å². The van der Waals surface area contributed by atoms with Crippen molar-refractivity contribution in [3.8, 4) is 0 Å². The number of nitrogens with two attached hydrogens (primary N) is 2. The molecule has 4 N–H and O–H groups in total. The number of piperazine rings is 2. The average molecular weight is 633 g/mol. The maximum Gasteiger partial charge on any atom is 0.261 e. The molecule has 0 bridgehead atoms. The van der Waals surface area contributed by atoms with Crippen LogP contribution in [0.1, 0.15) is 67.1 Å². The molecule has 0 radical (unpaired) electrons. The van der Waals surface area contributed by atoms with Crippen molar-refractivity contribution in [2.24, 2.45) is 11.5 Å². The average Bonchev–Trinajstić information content (AvgIpc) is 3.08. The first-order valence-corrected chi connectivity index (χ1v) is 17.0. The maximum atomic E-state index is 13.6. The molecule has 0 spiro atoms. The molecule has 12 heteroatoms. The highest BCUT2D eigenvalue weighted by atomic mass is 16.2. The van der Waals surface area contributed by atoms with E-state index in [-0.39, 0.29) is 23.6 Å². The SMILES string of the molecule is NCCCN1CCN(CCCN2C(=O)c3ccc4c5c(ccc(c35)C2=O)C(=O)N(CCCN2CCN(CCCN)CC2)C4=O)CC1.